The maximum Gasteiger partial charge on any atom is 0.232 e. The molecule has 2 heterocycles. The number of hydrogen-bond donors (Lipinski definition) is 2. The second kappa shape index (κ2) is 12.7. The van der Waals surface area contributed by atoms with Crippen molar-refractivity contribution in [3.05, 3.63) is 0 Å². The molecule has 2 aliphatic rings. The molecule has 1 unspecified atom stereocenters. The number of nitrogens with zero attached hydrogens (tertiary/aromatic N) is 2. The van der Waals surface area contributed by atoms with Gasteiger partial charge in [-0.25, -0.2) is 0 Å². The minimum Gasteiger partial charge on any atom is -0.329 e. The van der Waals surface area contributed by atoms with Crippen LogP contribution in [-0.2, 0) is 9.59 Å². The van der Waals surface area contributed by atoms with Crippen molar-refractivity contribution in [2.24, 2.45) is 17.6 Å². The molecule has 0 radical (unpaired) electrons. The van der Waals surface area contributed by atoms with E-state index in [9.17, 15) is 9.59 Å². The Hall–Kier alpha value is -0.980. The molecule has 6 nitrogen and oxygen atoms in total. The molecule has 0 aromatic heterocycles. The van der Waals surface area contributed by atoms with Crippen LogP contribution in [0.2, 0.25) is 0 Å². The predicted molar refractivity (Wildman–Crippen MR) is 86.9 cm³/mol. The fourth-order valence-corrected chi connectivity index (χ4v) is 1.88. The van der Waals surface area contributed by atoms with Crippen molar-refractivity contribution in [2.45, 2.75) is 48.0 Å². The van der Waals surface area contributed by atoms with E-state index in [2.05, 4.69) is 6.92 Å². The summed E-state index contributed by atoms with van der Waals surface area (Å²) in [5, 5.41) is 9.78. The minimum atomic E-state index is -0.144. The Bertz CT molecular complexity index is 292. The molecule has 1 atom stereocenters. The van der Waals surface area contributed by atoms with E-state index in [1.54, 1.807) is 6.92 Å². The molecule has 0 aromatic carbocycles. The topological polar surface area (TPSA) is 86.9 Å². The van der Waals surface area contributed by atoms with Gasteiger partial charge in [0.1, 0.15) is 0 Å². The molecule has 2 rings (SSSR count). The monoisotopic (exact) mass is 305 g/mol. The largest absolute Gasteiger partial charge is 0.329 e. The lowest BCUT2D eigenvalue weighted by Crippen LogP contribution is -2.42. The molecule has 0 bridgehead atoms. The van der Waals surface area contributed by atoms with E-state index < -0.39 is 0 Å². The van der Waals surface area contributed by atoms with Gasteiger partial charge in [-0.2, -0.15) is 5.06 Å². The van der Waals surface area contributed by atoms with E-state index in [1.807, 2.05) is 27.7 Å². The molecule has 2 amide bonds. The lowest BCUT2D eigenvalue weighted by atomic mass is 10.1. The first-order valence-corrected chi connectivity index (χ1v) is 7.93. The maximum atomic E-state index is 11.2. The van der Waals surface area contributed by atoms with Gasteiger partial charge in [-0.3, -0.25) is 14.5 Å². The third kappa shape index (κ3) is 8.14. The standard InChI is InChI=1S/C7H12N2O2.C4H9NO.2C2H6.H2/c1-5-4-6(10)9(3-2-8)7(5)11;1-4-2-5(6)3-4;2*1-2;/h5H,2-4,8H2,1H3;4,6H,2-3H2,1H3;2*1-2H3;1H. The Balaban J connectivity index is -0.000000280. The van der Waals surface area contributed by atoms with E-state index in [0.717, 1.165) is 19.0 Å². The average molecular weight is 305 g/mol. The fraction of sp³-hybridized carbons (Fsp3) is 0.867. The Morgan fingerprint density at radius 2 is 1.67 bits per heavy atom. The van der Waals surface area contributed by atoms with Crippen LogP contribution in [0.3, 0.4) is 0 Å². The molecule has 2 fully saturated rings. The van der Waals surface area contributed by atoms with Gasteiger partial charge < -0.3 is 10.9 Å². The zero-order chi connectivity index (χ0) is 17.0. The molecule has 6 heteroatoms. The Labute approximate surface area is 130 Å². The lowest BCUT2D eigenvalue weighted by Gasteiger charge is -2.30. The normalized spacial score (nSPS) is 21.3. The Morgan fingerprint density at radius 3 is 1.86 bits per heavy atom. The molecule has 3 N–H and O–H groups in total. The van der Waals surface area contributed by atoms with Crippen molar-refractivity contribution in [3.63, 3.8) is 0 Å². The van der Waals surface area contributed by atoms with Gasteiger partial charge in [0.15, 0.2) is 0 Å². The van der Waals surface area contributed by atoms with Gasteiger partial charge in [0, 0.05) is 39.9 Å². The van der Waals surface area contributed by atoms with Crippen LogP contribution in [0.4, 0.5) is 0 Å². The van der Waals surface area contributed by atoms with E-state index in [1.165, 1.54) is 9.96 Å². The number of hydrogen-bond acceptors (Lipinski definition) is 5. The van der Waals surface area contributed by atoms with Gasteiger partial charge in [-0.15, -0.1) is 0 Å². The molecule has 0 saturated carbocycles. The summed E-state index contributed by atoms with van der Waals surface area (Å²) >= 11 is 0. The van der Waals surface area contributed by atoms with E-state index in [4.69, 9.17) is 10.9 Å². The van der Waals surface area contributed by atoms with Gasteiger partial charge in [-0.1, -0.05) is 41.5 Å². The van der Waals surface area contributed by atoms with Crippen molar-refractivity contribution in [1.82, 2.24) is 9.96 Å². The summed E-state index contributed by atoms with van der Waals surface area (Å²) in [6, 6.07) is 0. The molecule has 128 valence electrons. The molecule has 0 spiro atoms. The van der Waals surface area contributed by atoms with Crippen molar-refractivity contribution in [3.8, 4) is 0 Å². The minimum absolute atomic E-state index is 0. The van der Waals surface area contributed by atoms with E-state index >= 15 is 0 Å². The highest BCUT2D eigenvalue weighted by Gasteiger charge is 2.34. The first-order chi connectivity index (χ1) is 9.95. The second-order valence-corrected chi connectivity index (χ2v) is 4.75. The molecular weight excluding hydrogens is 270 g/mol. The first-order valence-electron chi connectivity index (χ1n) is 7.93. The third-order valence-corrected chi connectivity index (χ3v) is 2.87. The summed E-state index contributed by atoms with van der Waals surface area (Å²) in [5.41, 5.74) is 5.23. The van der Waals surface area contributed by atoms with Crippen molar-refractivity contribution in [1.29, 1.82) is 0 Å². The highest BCUT2D eigenvalue weighted by Crippen LogP contribution is 2.17. The zero-order valence-corrected chi connectivity index (χ0v) is 14.4. The van der Waals surface area contributed by atoms with Gasteiger partial charge in [0.05, 0.1) is 0 Å². The summed E-state index contributed by atoms with van der Waals surface area (Å²) in [4.78, 5) is 23.4. The van der Waals surface area contributed by atoms with Crippen LogP contribution in [0.15, 0.2) is 0 Å². The summed E-state index contributed by atoms with van der Waals surface area (Å²) < 4.78 is 0. The molecular formula is C15H35N3O3. The predicted octanol–water partition coefficient (Wildman–Crippen LogP) is 1.97. The maximum absolute atomic E-state index is 11.2. The third-order valence-electron chi connectivity index (χ3n) is 2.87. The molecule has 2 aliphatic heterocycles. The van der Waals surface area contributed by atoms with E-state index in [0.29, 0.717) is 19.5 Å². The molecule has 0 aliphatic carbocycles. The molecule has 2 saturated heterocycles. The molecule has 0 aromatic rings. The highest BCUT2D eigenvalue weighted by atomic mass is 16.5. The number of imide groups is 1. The Kier molecular flexibility index (Phi) is 13.5. The van der Waals surface area contributed by atoms with Crippen LogP contribution in [0, 0.1) is 11.8 Å². The molecule has 21 heavy (non-hydrogen) atoms. The van der Waals surface area contributed by atoms with Crippen molar-refractivity contribution < 1.29 is 16.2 Å². The van der Waals surface area contributed by atoms with Gasteiger partial charge in [-0.05, 0) is 5.92 Å². The lowest BCUT2D eigenvalue weighted by molar-refractivity contribution is -0.163. The van der Waals surface area contributed by atoms with Gasteiger partial charge >= 0.3 is 0 Å². The number of hydroxylamine groups is 2. The van der Waals surface area contributed by atoms with Gasteiger partial charge in [0.25, 0.3) is 0 Å². The van der Waals surface area contributed by atoms with Crippen molar-refractivity contribution >= 4 is 11.8 Å². The number of likely N-dealkylation sites (tertiary alicyclic amines) is 1. The highest BCUT2D eigenvalue weighted by molar-refractivity contribution is 6.03. The summed E-state index contributed by atoms with van der Waals surface area (Å²) in [6.07, 6.45) is 0.346. The van der Waals surface area contributed by atoms with Gasteiger partial charge in [0.2, 0.25) is 11.8 Å². The number of amides is 2. The first kappa shape index (κ1) is 22.3. The summed E-state index contributed by atoms with van der Waals surface area (Å²) in [6.45, 7) is 14.3. The quantitative estimate of drug-likeness (QED) is 0.762. The van der Waals surface area contributed by atoms with Crippen LogP contribution >= 0.6 is 0 Å². The summed E-state index contributed by atoms with van der Waals surface area (Å²) in [7, 11) is 0. The average Bonchev–Trinajstić information content (AvgIpc) is 2.70. The number of nitrogens with two attached hydrogens (primary N) is 1. The number of carbonyl (C=O) groups is 2. The van der Waals surface area contributed by atoms with E-state index in [-0.39, 0.29) is 19.2 Å². The summed E-state index contributed by atoms with van der Waals surface area (Å²) in [5.74, 6) is 0.400. The van der Waals surface area contributed by atoms with Crippen LogP contribution in [-0.4, -0.2) is 53.2 Å². The number of rotatable bonds is 2. The second-order valence-electron chi connectivity index (χ2n) is 4.75. The van der Waals surface area contributed by atoms with Crippen LogP contribution < -0.4 is 5.73 Å². The van der Waals surface area contributed by atoms with Crippen molar-refractivity contribution in [2.75, 3.05) is 26.2 Å². The Morgan fingerprint density at radius 1 is 1.19 bits per heavy atom. The fourth-order valence-electron chi connectivity index (χ4n) is 1.88. The van der Waals surface area contributed by atoms with Crippen LogP contribution in [0.1, 0.15) is 49.4 Å². The smallest absolute Gasteiger partial charge is 0.232 e. The van der Waals surface area contributed by atoms with Crippen LogP contribution in [0.5, 0.6) is 0 Å². The van der Waals surface area contributed by atoms with Crippen LogP contribution in [0.25, 0.3) is 0 Å². The zero-order valence-electron chi connectivity index (χ0n) is 14.4. The SMILES string of the molecule is CC.CC.CC1CC(=O)N(CCN)C1=O.CC1CN(O)C1.[HH]. The number of carbonyl (C=O) groups excluding carboxylic acids is 2.